The molecule has 0 aliphatic rings. The van der Waals surface area contributed by atoms with Crippen molar-refractivity contribution in [2.45, 2.75) is 117 Å². The van der Waals surface area contributed by atoms with Gasteiger partial charge in [0, 0.05) is 0 Å². The van der Waals surface area contributed by atoms with Crippen LogP contribution in [0.5, 0.6) is 0 Å². The first-order valence-corrected chi connectivity index (χ1v) is 15.5. The van der Waals surface area contributed by atoms with Gasteiger partial charge in [0.1, 0.15) is 0 Å². The monoisotopic (exact) mass is 553 g/mol. The molecule has 0 spiro atoms. The van der Waals surface area contributed by atoms with Crippen molar-refractivity contribution in [2.24, 2.45) is 0 Å². The standard InChI is InChI=1S/2C9H21P.C8H7.CO.Ru/c2*1-7(2)10(8(3)4)9(5)6;1-2-8-6-4-3-5-7-8;1-2;/h2*7-9H,1-6H3;1-7H;;. The molecule has 1 rings (SSSR count). The van der Waals surface area contributed by atoms with Crippen LogP contribution in [0.2, 0.25) is 0 Å². The maximum atomic E-state index is 7.50. The van der Waals surface area contributed by atoms with Crippen LogP contribution in [0.1, 0.15) is 88.6 Å². The van der Waals surface area contributed by atoms with Gasteiger partial charge in [-0.25, -0.2) is 0 Å². The molecule has 31 heavy (non-hydrogen) atoms. The summed E-state index contributed by atoms with van der Waals surface area (Å²) < 4.78 is 1.97. The van der Waals surface area contributed by atoms with Gasteiger partial charge in [-0.2, -0.15) is 0 Å². The maximum absolute atomic E-state index is 7.50. The fourth-order valence-electron chi connectivity index (χ4n) is 4.21. The van der Waals surface area contributed by atoms with Gasteiger partial charge in [-0.1, -0.05) is 98.9 Å². The minimum absolute atomic E-state index is 0.262. The van der Waals surface area contributed by atoms with E-state index in [1.807, 2.05) is 22.9 Å². The first-order chi connectivity index (χ1) is 14.4. The molecule has 0 aliphatic heterocycles. The van der Waals surface area contributed by atoms with Crippen LogP contribution in [0.3, 0.4) is 0 Å². The third-order valence-electron chi connectivity index (χ3n) is 4.63. The van der Waals surface area contributed by atoms with Crippen LogP contribution in [-0.2, 0) is 23.1 Å². The van der Waals surface area contributed by atoms with Gasteiger partial charge in [-0.3, -0.25) is 4.79 Å². The number of hydrogen-bond donors (Lipinski definition) is 0. The van der Waals surface area contributed by atoms with E-state index in [0.29, 0.717) is 0 Å². The Bertz CT molecular complexity index is 463. The molecule has 0 amide bonds. The molecule has 1 aromatic rings. The van der Waals surface area contributed by atoms with Crippen LogP contribution in [0.15, 0.2) is 35.0 Å². The van der Waals surface area contributed by atoms with Crippen molar-refractivity contribution >= 4 is 28.7 Å². The molecule has 0 aliphatic carbocycles. The van der Waals surface area contributed by atoms with E-state index in [0.717, 1.165) is 34.0 Å². The SMILES string of the molecule is CC(C)P(C(C)C)C(C)C.CC(C)P(C(C)C)C(C)C.[C]=O.[Ru][CH]=Cc1ccccc1. The third-order valence-corrected chi connectivity index (χ3v) is 12.1. The number of hydrogen-bond acceptors (Lipinski definition) is 1. The number of rotatable bonds is 7. The Labute approximate surface area is 208 Å². The summed E-state index contributed by atoms with van der Waals surface area (Å²) in [4.78, 5) is 7.50. The second-order valence-corrected chi connectivity index (χ2v) is 17.7. The van der Waals surface area contributed by atoms with Crippen LogP contribution >= 0.6 is 15.8 Å². The molecule has 0 atom stereocenters. The Morgan fingerprint density at radius 3 is 1.03 bits per heavy atom. The van der Waals surface area contributed by atoms with E-state index in [2.05, 4.69) is 126 Å². The second-order valence-electron chi connectivity index (χ2n) is 9.15. The van der Waals surface area contributed by atoms with Crippen LogP contribution < -0.4 is 0 Å². The van der Waals surface area contributed by atoms with E-state index in [-0.39, 0.29) is 15.8 Å². The van der Waals surface area contributed by atoms with Crippen LogP contribution in [-0.4, -0.2) is 40.7 Å². The molecule has 1 nitrogen and oxygen atoms in total. The zero-order valence-corrected chi connectivity index (χ0v) is 25.7. The molecular formula is C27H49OP2Ru. The molecule has 2 radical (unpaired) electrons. The van der Waals surface area contributed by atoms with Gasteiger partial charge in [-0.05, 0) is 34.0 Å². The molecule has 0 unspecified atom stereocenters. The molecule has 0 heterocycles. The molecular weight excluding hydrogens is 503 g/mol. The van der Waals surface area contributed by atoms with E-state index in [4.69, 9.17) is 4.79 Å². The van der Waals surface area contributed by atoms with E-state index in [9.17, 15) is 0 Å². The Balaban J connectivity index is -0.000000364. The zero-order valence-electron chi connectivity index (χ0n) is 22.2. The Morgan fingerprint density at radius 2 is 0.871 bits per heavy atom. The topological polar surface area (TPSA) is 17.1 Å². The van der Waals surface area contributed by atoms with Gasteiger partial charge < -0.3 is 0 Å². The second kappa shape index (κ2) is 21.9. The summed E-state index contributed by atoms with van der Waals surface area (Å²) in [5, 5.41) is 0. The van der Waals surface area contributed by atoms with Gasteiger partial charge in [0.25, 0.3) is 6.79 Å². The summed E-state index contributed by atoms with van der Waals surface area (Å²) in [5.41, 5.74) is 6.64. The Kier molecular flexibility index (Phi) is 25.3. The molecule has 0 saturated carbocycles. The molecule has 0 saturated heterocycles. The van der Waals surface area contributed by atoms with Crippen LogP contribution in [0, 0.1) is 0 Å². The molecule has 4 heteroatoms. The summed E-state index contributed by atoms with van der Waals surface area (Å²) >= 11 is 2.46. The minimum atomic E-state index is 0.262. The summed E-state index contributed by atoms with van der Waals surface area (Å²) in [6.07, 6.45) is 2.05. The normalized spacial score (nSPS) is 11.3. The average molecular weight is 553 g/mol. The number of benzene rings is 1. The van der Waals surface area contributed by atoms with E-state index in [1.54, 1.807) is 0 Å². The van der Waals surface area contributed by atoms with E-state index in [1.165, 1.54) is 5.56 Å². The molecule has 181 valence electrons. The predicted molar refractivity (Wildman–Crippen MR) is 146 cm³/mol. The van der Waals surface area contributed by atoms with Crippen LogP contribution in [0.25, 0.3) is 6.08 Å². The average Bonchev–Trinajstić information content (AvgIpc) is 2.63. The zero-order chi connectivity index (χ0) is 25.1. The number of carbonyl (C=O) groups excluding carboxylic acids is 1. The van der Waals surface area contributed by atoms with Crippen molar-refractivity contribution in [3.05, 3.63) is 40.6 Å². The fraction of sp³-hybridized carbons (Fsp3) is 0.667. The summed E-state index contributed by atoms with van der Waals surface area (Å²) in [5.74, 6) is 0. The quantitative estimate of drug-likeness (QED) is 0.243. The van der Waals surface area contributed by atoms with Gasteiger partial charge in [0.05, 0.1) is 0 Å². The van der Waals surface area contributed by atoms with Crippen LogP contribution in [0.4, 0.5) is 0 Å². The van der Waals surface area contributed by atoms with Crippen molar-refractivity contribution in [1.82, 2.24) is 0 Å². The fourth-order valence-corrected chi connectivity index (χ4v) is 11.7. The third kappa shape index (κ3) is 19.3. The first kappa shape index (κ1) is 35.7. The van der Waals surface area contributed by atoms with Crippen molar-refractivity contribution in [2.75, 3.05) is 0 Å². The van der Waals surface area contributed by atoms with Crippen molar-refractivity contribution in [3.63, 3.8) is 0 Å². The van der Waals surface area contributed by atoms with Crippen molar-refractivity contribution in [1.29, 1.82) is 0 Å². The van der Waals surface area contributed by atoms with E-state index >= 15 is 0 Å². The first-order valence-electron chi connectivity index (χ1n) is 11.4. The van der Waals surface area contributed by atoms with Gasteiger partial charge in [0.15, 0.2) is 0 Å². The Hall–Kier alpha value is 0.113. The predicted octanol–water partition coefficient (Wildman–Crippen LogP) is 9.19. The molecule has 0 aromatic heterocycles. The van der Waals surface area contributed by atoms with Gasteiger partial charge >= 0.3 is 64.9 Å². The summed E-state index contributed by atoms with van der Waals surface area (Å²) in [6, 6.07) is 10.2. The molecule has 0 fully saturated rings. The van der Waals surface area contributed by atoms with E-state index < -0.39 is 0 Å². The molecule has 1 aromatic carbocycles. The Morgan fingerprint density at radius 1 is 0.613 bits per heavy atom. The molecule has 0 N–H and O–H groups in total. The summed E-state index contributed by atoms with van der Waals surface area (Å²) in [7, 11) is 0.525. The van der Waals surface area contributed by atoms with Gasteiger partial charge in [0.2, 0.25) is 0 Å². The molecule has 0 bridgehead atoms. The summed E-state index contributed by atoms with van der Waals surface area (Å²) in [6.45, 7) is 32.7. The van der Waals surface area contributed by atoms with Crippen molar-refractivity contribution < 1.29 is 23.1 Å². The van der Waals surface area contributed by atoms with Gasteiger partial charge in [-0.15, -0.1) is 0 Å². The van der Waals surface area contributed by atoms with Crippen molar-refractivity contribution in [3.8, 4) is 0 Å².